The monoisotopic (exact) mass is 498 g/mol. The number of carboxylic acid groups (broad SMARTS) is 1. The Balaban J connectivity index is 1.11. The van der Waals surface area contributed by atoms with Crippen LogP contribution in [0.1, 0.15) is 18.4 Å². The number of fused-ring (bicyclic) bond motifs is 1. The number of nitrogens with zero attached hydrogens (tertiary/aromatic N) is 1. The first-order valence-corrected chi connectivity index (χ1v) is 12.5. The minimum absolute atomic E-state index is 0.0706. The summed E-state index contributed by atoms with van der Waals surface area (Å²) < 4.78 is 11.2. The van der Waals surface area contributed by atoms with E-state index < -0.39 is 12.1 Å². The first-order valence-electron chi connectivity index (χ1n) is 12.5. The molecule has 0 radical (unpaired) electrons. The van der Waals surface area contributed by atoms with Crippen LogP contribution in [0.15, 0.2) is 91.2 Å². The number of benzene rings is 3. The molecule has 1 saturated heterocycles. The van der Waals surface area contributed by atoms with Crippen LogP contribution in [0.5, 0.6) is 5.75 Å². The number of likely N-dealkylation sites (tertiary alicyclic amines) is 1. The SMILES string of the molecule is O=C(O)/C=C/Oc1cccc(CN2C[C@H]3C[C@H](OC(=O)Nc4ccccc4-c4ccccc4)C[C@H]3C2)c1. The van der Waals surface area contributed by atoms with Crippen molar-refractivity contribution in [2.24, 2.45) is 11.8 Å². The van der Waals surface area contributed by atoms with Gasteiger partial charge in [0.05, 0.1) is 18.0 Å². The van der Waals surface area contributed by atoms with Crippen molar-refractivity contribution in [1.29, 1.82) is 0 Å². The van der Waals surface area contributed by atoms with Gasteiger partial charge in [-0.05, 0) is 54.0 Å². The molecule has 2 fully saturated rings. The average molecular weight is 499 g/mol. The van der Waals surface area contributed by atoms with Gasteiger partial charge in [-0.3, -0.25) is 10.2 Å². The number of rotatable bonds is 8. The van der Waals surface area contributed by atoms with Crippen molar-refractivity contribution in [2.75, 3.05) is 18.4 Å². The van der Waals surface area contributed by atoms with Crippen molar-refractivity contribution in [3.8, 4) is 16.9 Å². The van der Waals surface area contributed by atoms with E-state index in [0.717, 1.165) is 60.9 Å². The lowest BCUT2D eigenvalue weighted by molar-refractivity contribution is -0.131. The van der Waals surface area contributed by atoms with Gasteiger partial charge in [0, 0.05) is 25.2 Å². The molecule has 3 atom stereocenters. The van der Waals surface area contributed by atoms with E-state index in [9.17, 15) is 9.59 Å². The van der Waals surface area contributed by atoms with E-state index >= 15 is 0 Å². The number of nitrogens with one attached hydrogen (secondary N) is 1. The van der Waals surface area contributed by atoms with Crippen LogP contribution in [0.25, 0.3) is 11.1 Å². The standard InChI is InChI=1S/C30H30N2O5/c33-29(34)13-14-36-25-10-6-7-21(15-25)18-32-19-23-16-26(17-24(23)20-32)37-30(35)31-28-12-5-4-11-27(28)22-8-2-1-3-9-22/h1-15,23-24,26H,16-20H2,(H,31,35)(H,33,34)/b14-13+/t23-,24+,26+. The predicted octanol–water partition coefficient (Wildman–Crippen LogP) is 5.79. The van der Waals surface area contributed by atoms with Gasteiger partial charge in [-0.15, -0.1) is 0 Å². The maximum Gasteiger partial charge on any atom is 0.411 e. The predicted molar refractivity (Wildman–Crippen MR) is 141 cm³/mol. The van der Waals surface area contributed by atoms with Gasteiger partial charge < -0.3 is 14.6 Å². The van der Waals surface area contributed by atoms with Crippen LogP contribution in [0.3, 0.4) is 0 Å². The summed E-state index contributed by atoms with van der Waals surface area (Å²) >= 11 is 0. The minimum atomic E-state index is -1.04. The second-order valence-electron chi connectivity index (χ2n) is 9.66. The second-order valence-corrected chi connectivity index (χ2v) is 9.66. The highest BCUT2D eigenvalue weighted by atomic mass is 16.6. The third-order valence-corrected chi connectivity index (χ3v) is 7.03. The van der Waals surface area contributed by atoms with Gasteiger partial charge in [0.1, 0.15) is 11.9 Å². The van der Waals surface area contributed by atoms with Gasteiger partial charge >= 0.3 is 12.1 Å². The zero-order chi connectivity index (χ0) is 25.6. The fourth-order valence-corrected chi connectivity index (χ4v) is 5.47. The first-order chi connectivity index (χ1) is 18.0. The van der Waals surface area contributed by atoms with Crippen LogP contribution < -0.4 is 10.1 Å². The largest absolute Gasteiger partial charge is 0.478 e. The number of hydrogen-bond acceptors (Lipinski definition) is 5. The quantitative estimate of drug-likeness (QED) is 0.302. The molecule has 2 N–H and O–H groups in total. The number of anilines is 1. The van der Waals surface area contributed by atoms with Gasteiger partial charge in [-0.25, -0.2) is 9.59 Å². The molecule has 7 heteroatoms. The van der Waals surface area contributed by atoms with E-state index in [1.54, 1.807) is 6.07 Å². The molecule has 2 aliphatic rings. The second kappa shape index (κ2) is 11.3. The number of carboxylic acids is 1. The molecule has 1 saturated carbocycles. The Bertz CT molecular complexity index is 1260. The van der Waals surface area contributed by atoms with Crippen molar-refractivity contribution in [3.05, 3.63) is 96.8 Å². The zero-order valence-corrected chi connectivity index (χ0v) is 20.5. The van der Waals surface area contributed by atoms with Gasteiger partial charge in [0.25, 0.3) is 0 Å². The number of amides is 1. The van der Waals surface area contributed by atoms with Gasteiger partial charge in [-0.1, -0.05) is 60.7 Å². The molecule has 3 aromatic carbocycles. The van der Waals surface area contributed by atoms with E-state index in [4.69, 9.17) is 14.6 Å². The summed E-state index contributed by atoms with van der Waals surface area (Å²) in [7, 11) is 0. The summed E-state index contributed by atoms with van der Waals surface area (Å²) in [5.74, 6) is 0.582. The van der Waals surface area contributed by atoms with Crippen molar-refractivity contribution < 1.29 is 24.2 Å². The fourth-order valence-electron chi connectivity index (χ4n) is 5.47. The molecule has 5 rings (SSSR count). The van der Waals surface area contributed by atoms with E-state index in [1.165, 1.54) is 6.26 Å². The van der Waals surface area contributed by atoms with E-state index in [2.05, 4.69) is 10.2 Å². The summed E-state index contributed by atoms with van der Waals surface area (Å²) in [5, 5.41) is 11.6. The van der Waals surface area contributed by atoms with E-state index in [-0.39, 0.29) is 6.10 Å². The lowest BCUT2D eigenvalue weighted by Crippen LogP contribution is -2.25. The Morgan fingerprint density at radius 2 is 1.68 bits per heavy atom. The first kappa shape index (κ1) is 24.6. The van der Waals surface area contributed by atoms with Crippen LogP contribution in [0.4, 0.5) is 10.5 Å². The number of hydrogen-bond donors (Lipinski definition) is 2. The Labute approximate surface area is 216 Å². The number of carbonyl (C=O) groups is 2. The molecule has 1 aliphatic heterocycles. The molecule has 37 heavy (non-hydrogen) atoms. The van der Waals surface area contributed by atoms with Crippen LogP contribution in [0.2, 0.25) is 0 Å². The molecule has 0 aromatic heterocycles. The molecule has 0 unspecified atom stereocenters. The summed E-state index contributed by atoms with van der Waals surface area (Å²) in [6.07, 6.45) is 3.42. The Morgan fingerprint density at radius 3 is 2.43 bits per heavy atom. The highest BCUT2D eigenvalue weighted by molar-refractivity contribution is 5.91. The molecule has 0 spiro atoms. The zero-order valence-electron chi connectivity index (χ0n) is 20.5. The Hall–Kier alpha value is -4.10. The maximum absolute atomic E-state index is 12.7. The lowest BCUT2D eigenvalue weighted by Gasteiger charge is -2.20. The normalized spacial score (nSPS) is 21.0. The van der Waals surface area contributed by atoms with Crippen LogP contribution >= 0.6 is 0 Å². The molecular formula is C30H30N2O5. The molecule has 1 aliphatic carbocycles. The van der Waals surface area contributed by atoms with Crippen molar-refractivity contribution in [1.82, 2.24) is 4.90 Å². The molecule has 0 bridgehead atoms. The van der Waals surface area contributed by atoms with Crippen molar-refractivity contribution in [2.45, 2.75) is 25.5 Å². The Kier molecular flexibility index (Phi) is 7.51. The highest BCUT2D eigenvalue weighted by Gasteiger charge is 2.42. The molecule has 3 aromatic rings. The molecule has 1 amide bonds. The summed E-state index contributed by atoms with van der Waals surface area (Å²) in [4.78, 5) is 25.8. The molecule has 1 heterocycles. The average Bonchev–Trinajstić information content (AvgIpc) is 3.42. The third-order valence-electron chi connectivity index (χ3n) is 7.03. The molecular weight excluding hydrogens is 468 g/mol. The third kappa shape index (κ3) is 6.37. The fraction of sp³-hybridized carbons (Fsp3) is 0.267. The van der Waals surface area contributed by atoms with E-state index in [0.29, 0.717) is 17.6 Å². The molecule has 190 valence electrons. The van der Waals surface area contributed by atoms with Gasteiger partial charge in [0.2, 0.25) is 0 Å². The highest BCUT2D eigenvalue weighted by Crippen LogP contribution is 2.40. The number of para-hydroxylation sites is 1. The minimum Gasteiger partial charge on any atom is -0.478 e. The summed E-state index contributed by atoms with van der Waals surface area (Å²) in [6.45, 7) is 2.73. The molecule has 7 nitrogen and oxygen atoms in total. The van der Waals surface area contributed by atoms with Crippen LogP contribution in [-0.2, 0) is 16.1 Å². The Morgan fingerprint density at radius 1 is 0.946 bits per heavy atom. The topological polar surface area (TPSA) is 88.1 Å². The smallest absolute Gasteiger partial charge is 0.411 e. The van der Waals surface area contributed by atoms with Crippen molar-refractivity contribution >= 4 is 17.7 Å². The van der Waals surface area contributed by atoms with Gasteiger partial charge in [0.15, 0.2) is 0 Å². The van der Waals surface area contributed by atoms with E-state index in [1.807, 2.05) is 72.8 Å². The summed E-state index contributed by atoms with van der Waals surface area (Å²) in [5.41, 5.74) is 3.87. The van der Waals surface area contributed by atoms with Crippen molar-refractivity contribution in [3.63, 3.8) is 0 Å². The number of aliphatic carboxylic acids is 1. The number of ether oxygens (including phenoxy) is 2. The maximum atomic E-state index is 12.7. The summed E-state index contributed by atoms with van der Waals surface area (Å²) in [6, 6.07) is 25.4. The van der Waals surface area contributed by atoms with Crippen LogP contribution in [-0.4, -0.2) is 41.3 Å². The number of carbonyl (C=O) groups excluding carboxylic acids is 1. The van der Waals surface area contributed by atoms with Gasteiger partial charge in [-0.2, -0.15) is 0 Å². The van der Waals surface area contributed by atoms with Crippen LogP contribution in [0, 0.1) is 11.8 Å². The lowest BCUT2D eigenvalue weighted by atomic mass is 10.0.